The van der Waals surface area contributed by atoms with Gasteiger partial charge in [0.15, 0.2) is 0 Å². The maximum absolute atomic E-state index is 5.33. The van der Waals surface area contributed by atoms with Gasteiger partial charge in [-0.15, -0.1) is 11.3 Å². The van der Waals surface area contributed by atoms with Crippen LogP contribution in [0.4, 0.5) is 0 Å². The first-order chi connectivity index (χ1) is 8.08. The first kappa shape index (κ1) is 14.6. The predicted molar refractivity (Wildman–Crippen MR) is 72.9 cm³/mol. The van der Waals surface area contributed by atoms with Crippen LogP contribution >= 0.6 is 11.3 Å². The van der Waals surface area contributed by atoms with Crippen molar-refractivity contribution in [3.8, 4) is 0 Å². The van der Waals surface area contributed by atoms with Crippen LogP contribution in [0.5, 0.6) is 0 Å². The molecule has 0 fully saturated rings. The maximum Gasteiger partial charge on any atom is 0.0928 e. The molecule has 2 atom stereocenters. The average Bonchev–Trinajstić information content (AvgIpc) is 2.63. The lowest BCUT2D eigenvalue weighted by Crippen LogP contribution is -2.33. The molecule has 0 radical (unpaired) electrons. The smallest absolute Gasteiger partial charge is 0.0928 e. The van der Waals surface area contributed by atoms with Crippen molar-refractivity contribution in [2.45, 2.75) is 32.9 Å². The first-order valence-corrected chi connectivity index (χ1v) is 6.72. The summed E-state index contributed by atoms with van der Waals surface area (Å²) in [6, 6.07) is 2.62. The van der Waals surface area contributed by atoms with Crippen LogP contribution in [-0.4, -0.2) is 33.5 Å². The minimum Gasteiger partial charge on any atom is -0.382 e. The fourth-order valence-electron chi connectivity index (χ4n) is 1.89. The second kappa shape index (κ2) is 7.11. The van der Waals surface area contributed by atoms with Gasteiger partial charge >= 0.3 is 0 Å². The van der Waals surface area contributed by atoms with Crippen LogP contribution in [0.15, 0.2) is 6.07 Å². The quantitative estimate of drug-likeness (QED) is 0.814. The summed E-state index contributed by atoms with van der Waals surface area (Å²) in [6.45, 7) is 7.94. The lowest BCUT2D eigenvalue weighted by atomic mass is 10.1. The van der Waals surface area contributed by atoms with E-state index in [-0.39, 0.29) is 6.10 Å². The van der Waals surface area contributed by atoms with E-state index in [0.717, 1.165) is 6.54 Å². The molecule has 2 unspecified atom stereocenters. The number of hydrogen-bond acceptors (Lipinski definition) is 4. The van der Waals surface area contributed by atoms with Gasteiger partial charge in [0.05, 0.1) is 12.7 Å². The van der Waals surface area contributed by atoms with Gasteiger partial charge in [0.25, 0.3) is 0 Å². The lowest BCUT2D eigenvalue weighted by Gasteiger charge is -2.19. The fraction of sp³-hybridized carbons (Fsp3) is 0.692. The summed E-state index contributed by atoms with van der Waals surface area (Å²) in [6.07, 6.45) is 0.113. The Balaban J connectivity index is 2.49. The number of aryl methyl sites for hydroxylation is 2. The highest BCUT2D eigenvalue weighted by molar-refractivity contribution is 7.12. The molecule has 0 saturated carbocycles. The van der Waals surface area contributed by atoms with E-state index in [0.29, 0.717) is 12.6 Å². The minimum absolute atomic E-state index is 0.113. The van der Waals surface area contributed by atoms with Gasteiger partial charge in [-0.1, -0.05) is 0 Å². The van der Waals surface area contributed by atoms with Crippen LogP contribution in [-0.2, 0) is 9.47 Å². The zero-order valence-electron chi connectivity index (χ0n) is 11.4. The molecule has 1 heterocycles. The molecule has 0 saturated heterocycles. The van der Waals surface area contributed by atoms with Gasteiger partial charge in [-0.3, -0.25) is 0 Å². The summed E-state index contributed by atoms with van der Waals surface area (Å²) in [5, 5.41) is 3.49. The molecule has 17 heavy (non-hydrogen) atoms. The molecule has 98 valence electrons. The molecular weight excluding hydrogens is 234 g/mol. The highest BCUT2D eigenvalue weighted by Gasteiger charge is 2.13. The molecular formula is C13H23NO2S. The monoisotopic (exact) mass is 257 g/mol. The van der Waals surface area contributed by atoms with E-state index >= 15 is 0 Å². The van der Waals surface area contributed by atoms with E-state index in [4.69, 9.17) is 9.47 Å². The van der Waals surface area contributed by atoms with Crippen LogP contribution in [0.1, 0.15) is 28.3 Å². The third-order valence-electron chi connectivity index (χ3n) is 2.88. The van der Waals surface area contributed by atoms with Crippen LogP contribution in [0, 0.1) is 13.8 Å². The van der Waals surface area contributed by atoms with Crippen molar-refractivity contribution in [1.82, 2.24) is 5.32 Å². The number of ether oxygens (including phenoxy) is 2. The van der Waals surface area contributed by atoms with Crippen molar-refractivity contribution in [2.75, 3.05) is 27.4 Å². The number of rotatable bonds is 7. The summed E-state index contributed by atoms with van der Waals surface area (Å²) in [4.78, 5) is 2.76. The Hall–Kier alpha value is -0.420. The van der Waals surface area contributed by atoms with Gasteiger partial charge in [0, 0.05) is 36.6 Å². The Kier molecular flexibility index (Phi) is 6.12. The van der Waals surface area contributed by atoms with E-state index in [1.807, 2.05) is 11.3 Å². The van der Waals surface area contributed by atoms with Crippen molar-refractivity contribution < 1.29 is 9.47 Å². The zero-order chi connectivity index (χ0) is 12.8. The van der Waals surface area contributed by atoms with Crippen LogP contribution in [0.3, 0.4) is 0 Å². The average molecular weight is 257 g/mol. The Morgan fingerprint density at radius 2 is 2.06 bits per heavy atom. The first-order valence-electron chi connectivity index (χ1n) is 5.90. The van der Waals surface area contributed by atoms with E-state index < -0.39 is 0 Å². The number of hydrogen-bond donors (Lipinski definition) is 1. The van der Waals surface area contributed by atoms with Crippen molar-refractivity contribution in [2.24, 2.45) is 0 Å². The van der Waals surface area contributed by atoms with Crippen molar-refractivity contribution in [3.63, 3.8) is 0 Å². The normalized spacial score (nSPS) is 14.9. The van der Waals surface area contributed by atoms with Gasteiger partial charge in [0.1, 0.15) is 0 Å². The third-order valence-corrected chi connectivity index (χ3v) is 3.87. The second-order valence-corrected chi connectivity index (χ2v) is 5.77. The Labute approximate surface area is 108 Å². The van der Waals surface area contributed by atoms with E-state index in [1.165, 1.54) is 15.3 Å². The van der Waals surface area contributed by atoms with Crippen molar-refractivity contribution in [1.29, 1.82) is 0 Å². The fourth-order valence-corrected chi connectivity index (χ4v) is 2.92. The Morgan fingerprint density at radius 1 is 1.35 bits per heavy atom. The summed E-state index contributed by atoms with van der Waals surface area (Å²) >= 11 is 1.85. The molecule has 0 aliphatic carbocycles. The molecule has 0 aliphatic heterocycles. The van der Waals surface area contributed by atoms with Gasteiger partial charge < -0.3 is 14.8 Å². The van der Waals surface area contributed by atoms with Gasteiger partial charge in [0.2, 0.25) is 0 Å². The van der Waals surface area contributed by atoms with Crippen molar-refractivity contribution in [3.05, 3.63) is 21.4 Å². The molecule has 0 amide bonds. The standard InChI is InChI=1S/C13H23NO2S/c1-9-6-13(11(3)17-9)10(2)14-7-12(16-5)8-15-4/h6,10,12,14H,7-8H2,1-5H3. The minimum atomic E-state index is 0.113. The van der Waals surface area contributed by atoms with Crippen LogP contribution < -0.4 is 5.32 Å². The highest BCUT2D eigenvalue weighted by Crippen LogP contribution is 2.25. The Bertz CT molecular complexity index is 338. The molecule has 3 nitrogen and oxygen atoms in total. The molecule has 0 aliphatic rings. The van der Waals surface area contributed by atoms with Crippen LogP contribution in [0.25, 0.3) is 0 Å². The molecule has 0 spiro atoms. The number of nitrogens with one attached hydrogen (secondary N) is 1. The van der Waals surface area contributed by atoms with Crippen LogP contribution in [0.2, 0.25) is 0 Å². The third kappa shape index (κ3) is 4.39. The van der Waals surface area contributed by atoms with Crippen molar-refractivity contribution >= 4 is 11.3 Å². The van der Waals surface area contributed by atoms with E-state index in [1.54, 1.807) is 14.2 Å². The summed E-state index contributed by atoms with van der Waals surface area (Å²) in [5.41, 5.74) is 1.39. The molecule has 0 aromatic carbocycles. The second-order valence-electron chi connectivity index (χ2n) is 4.31. The molecule has 0 bridgehead atoms. The van der Waals surface area contributed by atoms with Gasteiger partial charge in [-0.25, -0.2) is 0 Å². The topological polar surface area (TPSA) is 30.5 Å². The molecule has 1 aromatic heterocycles. The largest absolute Gasteiger partial charge is 0.382 e. The molecule has 1 rings (SSSR count). The summed E-state index contributed by atoms with van der Waals surface area (Å²) < 4.78 is 10.4. The summed E-state index contributed by atoms with van der Waals surface area (Å²) in [7, 11) is 3.41. The molecule has 1 N–H and O–H groups in total. The van der Waals surface area contributed by atoms with Gasteiger partial charge in [-0.2, -0.15) is 0 Å². The number of thiophene rings is 1. The Morgan fingerprint density at radius 3 is 2.53 bits per heavy atom. The summed E-state index contributed by atoms with van der Waals surface area (Å²) in [5.74, 6) is 0. The van der Waals surface area contributed by atoms with Gasteiger partial charge in [-0.05, 0) is 32.4 Å². The predicted octanol–water partition coefficient (Wildman–Crippen LogP) is 2.68. The van der Waals surface area contributed by atoms with E-state index in [2.05, 4.69) is 32.2 Å². The number of methoxy groups -OCH3 is 2. The molecule has 4 heteroatoms. The molecule has 1 aromatic rings. The zero-order valence-corrected chi connectivity index (χ0v) is 12.2. The maximum atomic E-state index is 5.33. The lowest BCUT2D eigenvalue weighted by molar-refractivity contribution is 0.0276. The SMILES string of the molecule is COCC(CNC(C)c1cc(C)sc1C)OC. The van der Waals surface area contributed by atoms with E-state index in [9.17, 15) is 0 Å². The highest BCUT2D eigenvalue weighted by atomic mass is 32.1.